The molecule has 1 aliphatic rings. The van der Waals surface area contributed by atoms with Crippen molar-refractivity contribution in [3.8, 4) is 0 Å². The van der Waals surface area contributed by atoms with Crippen LogP contribution >= 0.6 is 0 Å². The van der Waals surface area contributed by atoms with Gasteiger partial charge in [-0.2, -0.15) is 0 Å². The van der Waals surface area contributed by atoms with Gasteiger partial charge in [-0.25, -0.2) is 0 Å². The van der Waals surface area contributed by atoms with Crippen LogP contribution in [0.15, 0.2) is 24.5 Å². The Morgan fingerprint density at radius 3 is 3.00 bits per heavy atom. The molecule has 2 unspecified atom stereocenters. The van der Waals surface area contributed by atoms with Crippen molar-refractivity contribution in [2.45, 2.75) is 19.0 Å². The van der Waals surface area contributed by atoms with E-state index < -0.39 is 0 Å². The van der Waals surface area contributed by atoms with Gasteiger partial charge in [-0.1, -0.05) is 6.07 Å². The number of piperazine rings is 1. The first kappa shape index (κ1) is 13.5. The van der Waals surface area contributed by atoms with E-state index in [-0.39, 0.29) is 0 Å². The molecule has 1 aliphatic heterocycles. The highest BCUT2D eigenvalue weighted by Gasteiger charge is 2.22. The van der Waals surface area contributed by atoms with E-state index in [1.807, 2.05) is 18.5 Å². The Labute approximate surface area is 110 Å². The van der Waals surface area contributed by atoms with Crippen LogP contribution in [0.1, 0.15) is 18.5 Å². The number of rotatable bonds is 4. The number of pyridine rings is 1. The summed E-state index contributed by atoms with van der Waals surface area (Å²) in [5.74, 6) is 0. The second-order valence-corrected chi connectivity index (χ2v) is 5.31. The van der Waals surface area contributed by atoms with Gasteiger partial charge in [-0.05, 0) is 32.6 Å². The minimum Gasteiger partial charge on any atom is -0.309 e. The molecule has 0 bridgehead atoms. The molecule has 0 aromatic carbocycles. The molecule has 2 atom stereocenters. The van der Waals surface area contributed by atoms with Gasteiger partial charge in [0, 0.05) is 50.7 Å². The van der Waals surface area contributed by atoms with E-state index in [0.29, 0.717) is 12.1 Å². The third-order valence-corrected chi connectivity index (χ3v) is 3.82. The van der Waals surface area contributed by atoms with Gasteiger partial charge >= 0.3 is 0 Å². The molecule has 1 saturated heterocycles. The molecule has 4 nitrogen and oxygen atoms in total. The monoisotopic (exact) mass is 248 g/mol. The zero-order chi connectivity index (χ0) is 13.0. The SMILES string of the molecule is CC(NCC1CN(C)CCN1C)c1cccnc1. The predicted molar refractivity (Wildman–Crippen MR) is 74.6 cm³/mol. The highest BCUT2D eigenvalue weighted by atomic mass is 15.3. The Balaban J connectivity index is 1.83. The first-order chi connectivity index (χ1) is 8.66. The molecule has 0 spiro atoms. The highest BCUT2D eigenvalue weighted by Crippen LogP contribution is 2.11. The minimum atomic E-state index is 0.360. The van der Waals surface area contributed by atoms with Crippen LogP contribution in [0.5, 0.6) is 0 Å². The van der Waals surface area contributed by atoms with Crippen LogP contribution in [0.3, 0.4) is 0 Å². The molecule has 0 amide bonds. The molecule has 1 aromatic rings. The zero-order valence-corrected chi connectivity index (χ0v) is 11.6. The lowest BCUT2D eigenvalue weighted by molar-refractivity contribution is 0.112. The van der Waals surface area contributed by atoms with Crippen LogP contribution < -0.4 is 5.32 Å². The van der Waals surface area contributed by atoms with E-state index in [9.17, 15) is 0 Å². The molecule has 1 fully saturated rings. The maximum Gasteiger partial charge on any atom is 0.0345 e. The lowest BCUT2D eigenvalue weighted by Crippen LogP contribution is -2.53. The van der Waals surface area contributed by atoms with Crippen LogP contribution in [0, 0.1) is 0 Å². The molecule has 0 radical (unpaired) electrons. The van der Waals surface area contributed by atoms with Gasteiger partial charge in [-0.15, -0.1) is 0 Å². The van der Waals surface area contributed by atoms with E-state index in [0.717, 1.165) is 19.6 Å². The largest absolute Gasteiger partial charge is 0.309 e. The summed E-state index contributed by atoms with van der Waals surface area (Å²) in [5.41, 5.74) is 1.25. The van der Waals surface area contributed by atoms with Crippen molar-refractivity contribution in [1.29, 1.82) is 0 Å². The van der Waals surface area contributed by atoms with Crippen molar-refractivity contribution in [3.63, 3.8) is 0 Å². The molecule has 1 N–H and O–H groups in total. The fourth-order valence-corrected chi connectivity index (χ4v) is 2.38. The summed E-state index contributed by atoms with van der Waals surface area (Å²) in [5, 5.41) is 3.61. The maximum absolute atomic E-state index is 4.17. The van der Waals surface area contributed by atoms with Crippen LogP contribution in [0.2, 0.25) is 0 Å². The molecular formula is C14H24N4. The van der Waals surface area contributed by atoms with Crippen molar-refractivity contribution >= 4 is 0 Å². The van der Waals surface area contributed by atoms with E-state index in [1.165, 1.54) is 12.1 Å². The number of nitrogens with one attached hydrogen (secondary N) is 1. The first-order valence-electron chi connectivity index (χ1n) is 6.69. The summed E-state index contributed by atoms with van der Waals surface area (Å²) in [7, 11) is 4.42. The van der Waals surface area contributed by atoms with Crippen molar-refractivity contribution in [1.82, 2.24) is 20.1 Å². The third kappa shape index (κ3) is 3.51. The molecule has 2 rings (SSSR count). The Kier molecular flexibility index (Phi) is 4.69. The van der Waals surface area contributed by atoms with Crippen LogP contribution in [0.25, 0.3) is 0 Å². The fraction of sp³-hybridized carbons (Fsp3) is 0.643. The Hall–Kier alpha value is -0.970. The zero-order valence-electron chi connectivity index (χ0n) is 11.6. The summed E-state index contributed by atoms with van der Waals surface area (Å²) in [4.78, 5) is 9.02. The summed E-state index contributed by atoms with van der Waals surface area (Å²) < 4.78 is 0. The van der Waals surface area contributed by atoms with Gasteiger partial charge in [0.05, 0.1) is 0 Å². The normalized spacial score (nSPS) is 24.1. The van der Waals surface area contributed by atoms with Crippen molar-refractivity contribution in [2.75, 3.05) is 40.3 Å². The molecule has 18 heavy (non-hydrogen) atoms. The fourth-order valence-electron chi connectivity index (χ4n) is 2.38. The molecule has 0 saturated carbocycles. The maximum atomic E-state index is 4.17. The van der Waals surface area contributed by atoms with Crippen LogP contribution in [-0.4, -0.2) is 61.1 Å². The van der Waals surface area contributed by atoms with Crippen LogP contribution in [0.4, 0.5) is 0 Å². The average Bonchev–Trinajstić information content (AvgIpc) is 2.40. The minimum absolute atomic E-state index is 0.360. The summed E-state index contributed by atoms with van der Waals surface area (Å²) in [6, 6.07) is 5.08. The van der Waals surface area contributed by atoms with E-state index >= 15 is 0 Å². The number of nitrogens with zero attached hydrogens (tertiary/aromatic N) is 3. The predicted octanol–water partition coefficient (Wildman–Crippen LogP) is 0.978. The molecule has 100 valence electrons. The second kappa shape index (κ2) is 6.27. The summed E-state index contributed by atoms with van der Waals surface area (Å²) in [6.45, 7) is 6.69. The van der Waals surface area contributed by atoms with E-state index in [4.69, 9.17) is 0 Å². The van der Waals surface area contributed by atoms with Gasteiger partial charge < -0.3 is 10.2 Å². The van der Waals surface area contributed by atoms with Gasteiger partial charge in [0.25, 0.3) is 0 Å². The summed E-state index contributed by atoms with van der Waals surface area (Å²) >= 11 is 0. The standard InChI is InChI=1S/C14H24N4/c1-12(13-5-4-6-15-9-13)16-10-14-11-17(2)7-8-18(14)3/h4-6,9,12,14,16H,7-8,10-11H2,1-3H3. The molecule has 4 heteroatoms. The van der Waals surface area contributed by atoms with Crippen molar-refractivity contribution in [2.24, 2.45) is 0 Å². The van der Waals surface area contributed by atoms with Gasteiger partial charge in [-0.3, -0.25) is 9.88 Å². The number of hydrogen-bond acceptors (Lipinski definition) is 4. The lowest BCUT2D eigenvalue weighted by Gasteiger charge is -2.38. The van der Waals surface area contributed by atoms with Crippen molar-refractivity contribution < 1.29 is 0 Å². The first-order valence-corrected chi connectivity index (χ1v) is 6.69. The summed E-state index contributed by atoms with van der Waals surface area (Å²) in [6.07, 6.45) is 3.76. The third-order valence-electron chi connectivity index (χ3n) is 3.82. The highest BCUT2D eigenvalue weighted by molar-refractivity contribution is 5.12. The lowest BCUT2D eigenvalue weighted by atomic mass is 10.1. The number of likely N-dealkylation sites (N-methyl/N-ethyl adjacent to an activating group) is 2. The van der Waals surface area contributed by atoms with E-state index in [1.54, 1.807) is 0 Å². The topological polar surface area (TPSA) is 31.4 Å². The molecule has 2 heterocycles. The average molecular weight is 248 g/mol. The smallest absolute Gasteiger partial charge is 0.0345 e. The Morgan fingerprint density at radius 1 is 1.44 bits per heavy atom. The second-order valence-electron chi connectivity index (χ2n) is 5.31. The van der Waals surface area contributed by atoms with Gasteiger partial charge in [0.1, 0.15) is 0 Å². The Morgan fingerprint density at radius 2 is 2.28 bits per heavy atom. The Bertz CT molecular complexity index is 354. The van der Waals surface area contributed by atoms with Gasteiger partial charge in [0.2, 0.25) is 0 Å². The number of aromatic nitrogens is 1. The van der Waals surface area contributed by atoms with E-state index in [2.05, 4.69) is 47.2 Å². The molecule has 0 aliphatic carbocycles. The molecular weight excluding hydrogens is 224 g/mol. The van der Waals surface area contributed by atoms with Gasteiger partial charge in [0.15, 0.2) is 0 Å². The van der Waals surface area contributed by atoms with Crippen molar-refractivity contribution in [3.05, 3.63) is 30.1 Å². The molecule has 1 aromatic heterocycles. The van der Waals surface area contributed by atoms with Crippen LogP contribution in [-0.2, 0) is 0 Å². The quantitative estimate of drug-likeness (QED) is 0.860. The number of hydrogen-bond donors (Lipinski definition) is 1.